The molecule has 0 bridgehead atoms. The number of rotatable bonds is 8. The number of nitrogens with one attached hydrogen (secondary N) is 1. The molecule has 0 aromatic rings. The van der Waals surface area contributed by atoms with E-state index >= 15 is 0 Å². The van der Waals surface area contributed by atoms with Crippen molar-refractivity contribution >= 4 is 21.9 Å². The van der Waals surface area contributed by atoms with Crippen LogP contribution in [0.25, 0.3) is 0 Å². The average Bonchev–Trinajstić information content (AvgIpc) is 3.24. The van der Waals surface area contributed by atoms with Crippen LogP contribution in [0.1, 0.15) is 33.1 Å². The summed E-state index contributed by atoms with van der Waals surface area (Å²) in [5.74, 6) is 1.09. The van der Waals surface area contributed by atoms with Gasteiger partial charge in [-0.15, -0.1) is 0 Å². The van der Waals surface area contributed by atoms with Crippen molar-refractivity contribution in [2.24, 2.45) is 4.99 Å². The zero-order valence-electron chi connectivity index (χ0n) is 18.4. The molecule has 1 N–H and O–H groups in total. The van der Waals surface area contributed by atoms with Crippen molar-refractivity contribution in [2.75, 3.05) is 72.2 Å². The van der Waals surface area contributed by atoms with E-state index in [-0.39, 0.29) is 11.9 Å². The maximum atomic E-state index is 12.6. The largest absolute Gasteiger partial charge is 0.356 e. The Morgan fingerprint density at radius 1 is 1.10 bits per heavy atom. The fraction of sp³-hybridized carbons (Fsp3) is 0.895. The summed E-state index contributed by atoms with van der Waals surface area (Å²) in [6.07, 6.45) is 4.21. The van der Waals surface area contributed by atoms with Gasteiger partial charge in [-0.1, -0.05) is 6.92 Å². The molecule has 2 aliphatic rings. The number of hydrogen-bond donors (Lipinski definition) is 1. The third kappa shape index (κ3) is 6.82. The maximum absolute atomic E-state index is 12.6. The van der Waals surface area contributed by atoms with Gasteiger partial charge in [-0.25, -0.2) is 12.7 Å². The predicted octanol–water partition coefficient (Wildman–Crippen LogP) is -0.138. The summed E-state index contributed by atoms with van der Waals surface area (Å²) in [4.78, 5) is 23.5. The van der Waals surface area contributed by atoms with Crippen molar-refractivity contribution in [1.29, 1.82) is 0 Å². The van der Waals surface area contributed by atoms with Crippen LogP contribution >= 0.6 is 0 Å². The second-order valence-electron chi connectivity index (χ2n) is 7.81. The standard InChI is InChI=1S/C19H38N6O3S/c1-5-25(29(4,27)28)12-8-9-21-19(20-3)24-15-13-22(14-16-24)17(2)18(26)23-10-6-7-11-23/h17H,5-16H2,1-4H3,(H,20,21). The van der Waals surface area contributed by atoms with E-state index in [1.165, 1.54) is 10.6 Å². The van der Waals surface area contributed by atoms with Crippen LogP contribution in [-0.2, 0) is 14.8 Å². The first-order valence-electron chi connectivity index (χ1n) is 10.7. The summed E-state index contributed by atoms with van der Waals surface area (Å²) in [6, 6.07) is -0.0683. The van der Waals surface area contributed by atoms with Crippen LogP contribution in [0, 0.1) is 0 Å². The first-order valence-corrected chi connectivity index (χ1v) is 12.6. The summed E-state index contributed by atoms with van der Waals surface area (Å²) in [5, 5.41) is 3.34. The lowest BCUT2D eigenvalue weighted by molar-refractivity contribution is -0.135. The third-order valence-corrected chi connectivity index (χ3v) is 7.22. The molecular formula is C19H38N6O3S. The van der Waals surface area contributed by atoms with Crippen LogP contribution in [-0.4, -0.2) is 118 Å². The monoisotopic (exact) mass is 430 g/mol. The molecule has 0 saturated carbocycles. The van der Waals surface area contributed by atoms with E-state index in [2.05, 4.69) is 20.1 Å². The second-order valence-corrected chi connectivity index (χ2v) is 9.80. The molecule has 1 amide bonds. The Balaban J connectivity index is 1.74. The highest BCUT2D eigenvalue weighted by atomic mass is 32.2. The fourth-order valence-electron chi connectivity index (χ4n) is 4.03. The van der Waals surface area contributed by atoms with Crippen molar-refractivity contribution in [3.05, 3.63) is 0 Å². The lowest BCUT2D eigenvalue weighted by Gasteiger charge is -2.39. The van der Waals surface area contributed by atoms with Gasteiger partial charge in [-0.2, -0.15) is 0 Å². The Morgan fingerprint density at radius 3 is 2.24 bits per heavy atom. The number of guanidine groups is 1. The van der Waals surface area contributed by atoms with Gasteiger partial charge >= 0.3 is 0 Å². The Kier molecular flexibility index (Phi) is 9.16. The van der Waals surface area contributed by atoms with Crippen LogP contribution in [0.2, 0.25) is 0 Å². The first-order chi connectivity index (χ1) is 13.8. The van der Waals surface area contributed by atoms with Gasteiger partial charge in [0.2, 0.25) is 15.9 Å². The SMILES string of the molecule is CCN(CCCNC(=NC)N1CCN(C(C)C(=O)N2CCCC2)CC1)S(C)(=O)=O. The number of hydrogen-bond acceptors (Lipinski definition) is 5. The van der Waals surface area contributed by atoms with Gasteiger partial charge in [0.15, 0.2) is 5.96 Å². The lowest BCUT2D eigenvalue weighted by Crippen LogP contribution is -2.57. The van der Waals surface area contributed by atoms with E-state index in [4.69, 9.17) is 0 Å². The highest BCUT2D eigenvalue weighted by Gasteiger charge is 2.30. The number of carbonyl (C=O) groups excluding carboxylic acids is 1. The molecule has 2 saturated heterocycles. The number of piperazine rings is 1. The highest BCUT2D eigenvalue weighted by Crippen LogP contribution is 2.14. The van der Waals surface area contributed by atoms with Gasteiger partial charge in [0.1, 0.15) is 0 Å². The maximum Gasteiger partial charge on any atom is 0.239 e. The van der Waals surface area contributed by atoms with Crippen LogP contribution in [0.3, 0.4) is 0 Å². The Labute approximate surface area is 176 Å². The fourth-order valence-corrected chi connectivity index (χ4v) is 4.96. The molecule has 1 atom stereocenters. The number of aliphatic imine (C=N–C) groups is 1. The molecule has 0 radical (unpaired) electrons. The summed E-state index contributed by atoms with van der Waals surface area (Å²) in [7, 11) is -1.37. The number of carbonyl (C=O) groups is 1. The summed E-state index contributed by atoms with van der Waals surface area (Å²) in [5.41, 5.74) is 0. The van der Waals surface area contributed by atoms with Crippen LogP contribution in [0.15, 0.2) is 4.99 Å². The Bertz CT molecular complexity index is 655. The smallest absolute Gasteiger partial charge is 0.239 e. The highest BCUT2D eigenvalue weighted by molar-refractivity contribution is 7.88. The molecule has 29 heavy (non-hydrogen) atoms. The van der Waals surface area contributed by atoms with E-state index < -0.39 is 10.0 Å². The van der Waals surface area contributed by atoms with E-state index in [9.17, 15) is 13.2 Å². The summed E-state index contributed by atoms with van der Waals surface area (Å²) >= 11 is 0. The molecule has 0 spiro atoms. The van der Waals surface area contributed by atoms with Crippen LogP contribution < -0.4 is 5.32 Å². The number of sulfonamides is 1. The minimum Gasteiger partial charge on any atom is -0.356 e. The second kappa shape index (κ2) is 11.1. The molecule has 0 aromatic carbocycles. The quantitative estimate of drug-likeness (QED) is 0.328. The zero-order chi connectivity index (χ0) is 21.4. The van der Waals surface area contributed by atoms with Crippen molar-refractivity contribution in [3.63, 3.8) is 0 Å². The third-order valence-electron chi connectivity index (χ3n) is 5.84. The minimum atomic E-state index is -3.14. The first kappa shape index (κ1) is 23.9. The topological polar surface area (TPSA) is 88.6 Å². The van der Waals surface area contributed by atoms with E-state index in [1.54, 1.807) is 7.05 Å². The van der Waals surface area contributed by atoms with Crippen LogP contribution in [0.5, 0.6) is 0 Å². The summed E-state index contributed by atoms with van der Waals surface area (Å²) < 4.78 is 24.8. The van der Waals surface area contributed by atoms with Gasteiger partial charge in [0.25, 0.3) is 0 Å². The average molecular weight is 431 g/mol. The van der Waals surface area contributed by atoms with Gasteiger partial charge in [0.05, 0.1) is 12.3 Å². The molecule has 2 rings (SSSR count). The zero-order valence-corrected chi connectivity index (χ0v) is 19.2. The van der Waals surface area contributed by atoms with Gasteiger partial charge < -0.3 is 15.1 Å². The molecule has 168 valence electrons. The molecule has 1 unspecified atom stereocenters. The molecule has 2 aliphatic heterocycles. The van der Waals surface area contributed by atoms with Crippen molar-refractivity contribution in [1.82, 2.24) is 24.3 Å². The molecular weight excluding hydrogens is 392 g/mol. The molecule has 10 heteroatoms. The molecule has 0 aliphatic carbocycles. The molecule has 0 aromatic heterocycles. The predicted molar refractivity (Wildman–Crippen MR) is 116 cm³/mol. The Morgan fingerprint density at radius 2 is 1.72 bits per heavy atom. The van der Waals surface area contributed by atoms with Crippen molar-refractivity contribution < 1.29 is 13.2 Å². The Hall–Kier alpha value is -1.39. The van der Waals surface area contributed by atoms with Gasteiger partial charge in [0, 0.05) is 66.0 Å². The molecule has 9 nitrogen and oxygen atoms in total. The minimum absolute atomic E-state index is 0.0683. The van der Waals surface area contributed by atoms with Crippen molar-refractivity contribution in [2.45, 2.75) is 39.2 Å². The van der Waals surface area contributed by atoms with E-state index in [1.807, 2.05) is 18.7 Å². The lowest BCUT2D eigenvalue weighted by atomic mass is 10.2. The normalized spacial score (nSPS) is 20.4. The summed E-state index contributed by atoms with van der Waals surface area (Å²) in [6.45, 7) is 10.6. The number of likely N-dealkylation sites (tertiary alicyclic amines) is 1. The number of nitrogens with zero attached hydrogens (tertiary/aromatic N) is 5. The molecule has 2 fully saturated rings. The van der Waals surface area contributed by atoms with Gasteiger partial charge in [-0.3, -0.25) is 14.7 Å². The van der Waals surface area contributed by atoms with E-state index in [0.717, 1.165) is 64.5 Å². The van der Waals surface area contributed by atoms with Crippen molar-refractivity contribution in [3.8, 4) is 0 Å². The molecule has 2 heterocycles. The number of amides is 1. The van der Waals surface area contributed by atoms with Crippen LogP contribution in [0.4, 0.5) is 0 Å². The van der Waals surface area contributed by atoms with Gasteiger partial charge in [-0.05, 0) is 26.2 Å². The van der Waals surface area contributed by atoms with E-state index in [0.29, 0.717) is 19.6 Å².